The van der Waals surface area contributed by atoms with Crippen molar-refractivity contribution in [2.45, 2.75) is 19.3 Å². The number of anilines is 1. The van der Waals surface area contributed by atoms with Crippen molar-refractivity contribution in [3.05, 3.63) is 30.0 Å². The molecule has 4 heteroatoms. The summed E-state index contributed by atoms with van der Waals surface area (Å²) in [4.78, 5) is 17.4. The number of aromatic nitrogens is 1. The van der Waals surface area contributed by atoms with Crippen LogP contribution in [0.1, 0.15) is 29.8 Å². The lowest BCUT2D eigenvalue weighted by atomic mass is 10.1. The Bertz CT molecular complexity index is 582. The van der Waals surface area contributed by atoms with Gasteiger partial charge in [0.2, 0.25) is 0 Å². The molecule has 4 nitrogen and oxygen atoms in total. The molecule has 94 valence electrons. The van der Waals surface area contributed by atoms with Gasteiger partial charge in [0.1, 0.15) is 5.69 Å². The zero-order valence-electron chi connectivity index (χ0n) is 10.3. The lowest BCUT2D eigenvalue weighted by Crippen LogP contribution is -2.35. The molecule has 1 aromatic carbocycles. The molecule has 18 heavy (non-hydrogen) atoms. The van der Waals surface area contributed by atoms with Crippen LogP contribution in [0.2, 0.25) is 0 Å². The van der Waals surface area contributed by atoms with Crippen LogP contribution in [-0.4, -0.2) is 28.9 Å². The number of carbonyl (C=O) groups excluding carboxylic acids is 1. The minimum atomic E-state index is 0.0882. The summed E-state index contributed by atoms with van der Waals surface area (Å²) >= 11 is 0. The number of amides is 1. The topological polar surface area (TPSA) is 62.1 Å². The van der Waals surface area contributed by atoms with E-state index < -0.39 is 0 Å². The van der Waals surface area contributed by atoms with Crippen molar-refractivity contribution in [1.29, 1.82) is 0 Å². The van der Waals surface area contributed by atoms with E-state index in [1.165, 1.54) is 6.42 Å². The monoisotopic (exact) mass is 243 g/mol. The number of carbonyl (C=O) groups is 1. The van der Waals surface area contributed by atoms with Crippen LogP contribution in [0.4, 0.5) is 5.69 Å². The van der Waals surface area contributed by atoms with Gasteiger partial charge in [-0.1, -0.05) is 12.1 Å². The van der Waals surface area contributed by atoms with E-state index in [4.69, 9.17) is 5.73 Å². The molecule has 1 amide bonds. The van der Waals surface area contributed by atoms with Crippen LogP contribution >= 0.6 is 0 Å². The Hall–Kier alpha value is -1.97. The number of nitrogens with one attached hydrogen (secondary N) is 1. The van der Waals surface area contributed by atoms with Gasteiger partial charge in [-0.05, 0) is 31.4 Å². The highest BCUT2D eigenvalue weighted by Crippen LogP contribution is 2.22. The van der Waals surface area contributed by atoms with Gasteiger partial charge in [-0.3, -0.25) is 4.79 Å². The fourth-order valence-electron chi connectivity index (χ4n) is 2.56. The van der Waals surface area contributed by atoms with Crippen LogP contribution in [0.3, 0.4) is 0 Å². The number of hydrogen-bond donors (Lipinski definition) is 2. The molecule has 1 aromatic heterocycles. The number of nitrogens with zero attached hydrogens (tertiary/aromatic N) is 1. The molecule has 0 aliphatic carbocycles. The van der Waals surface area contributed by atoms with E-state index in [1.54, 1.807) is 0 Å². The van der Waals surface area contributed by atoms with Crippen molar-refractivity contribution in [2.75, 3.05) is 18.8 Å². The fraction of sp³-hybridized carbons (Fsp3) is 0.357. The minimum absolute atomic E-state index is 0.0882. The number of likely N-dealkylation sites (tertiary alicyclic amines) is 1. The number of hydrogen-bond acceptors (Lipinski definition) is 2. The average Bonchev–Trinajstić information content (AvgIpc) is 2.84. The molecule has 1 saturated heterocycles. The number of nitrogen functional groups attached to an aromatic ring is 1. The fourth-order valence-corrected chi connectivity index (χ4v) is 2.56. The number of piperidine rings is 1. The normalized spacial score (nSPS) is 16.1. The molecule has 1 fully saturated rings. The first-order valence-electron chi connectivity index (χ1n) is 6.42. The number of fused-ring (bicyclic) bond motifs is 1. The predicted octanol–water partition coefficient (Wildman–Crippen LogP) is 2.38. The van der Waals surface area contributed by atoms with Gasteiger partial charge in [0, 0.05) is 18.5 Å². The molecule has 0 unspecified atom stereocenters. The van der Waals surface area contributed by atoms with Gasteiger partial charge in [0.15, 0.2) is 0 Å². The van der Waals surface area contributed by atoms with Crippen molar-refractivity contribution in [2.24, 2.45) is 0 Å². The van der Waals surface area contributed by atoms with Gasteiger partial charge < -0.3 is 15.6 Å². The van der Waals surface area contributed by atoms with Gasteiger partial charge in [-0.25, -0.2) is 0 Å². The van der Waals surface area contributed by atoms with Crippen LogP contribution in [0.15, 0.2) is 24.3 Å². The maximum atomic E-state index is 12.3. The highest BCUT2D eigenvalue weighted by Gasteiger charge is 2.19. The van der Waals surface area contributed by atoms with Gasteiger partial charge >= 0.3 is 0 Å². The lowest BCUT2D eigenvalue weighted by Gasteiger charge is -2.26. The summed E-state index contributed by atoms with van der Waals surface area (Å²) in [5.74, 6) is 0.0882. The first-order valence-corrected chi connectivity index (χ1v) is 6.42. The lowest BCUT2D eigenvalue weighted by molar-refractivity contribution is 0.0719. The van der Waals surface area contributed by atoms with Crippen molar-refractivity contribution in [3.8, 4) is 0 Å². The third-order valence-electron chi connectivity index (χ3n) is 3.56. The van der Waals surface area contributed by atoms with E-state index >= 15 is 0 Å². The standard InChI is InChI=1S/C14H17N3O/c15-11-6-4-5-10-9-12(16-13(10)11)14(18)17-7-2-1-3-8-17/h4-6,9,16H,1-3,7-8,15H2. The van der Waals surface area contributed by atoms with Gasteiger partial charge in [-0.15, -0.1) is 0 Å². The van der Waals surface area contributed by atoms with Crippen LogP contribution in [0.25, 0.3) is 10.9 Å². The number of aromatic amines is 1. The number of rotatable bonds is 1. The van der Waals surface area contributed by atoms with Gasteiger partial charge in [0.25, 0.3) is 5.91 Å². The zero-order chi connectivity index (χ0) is 12.5. The van der Waals surface area contributed by atoms with E-state index in [2.05, 4.69) is 4.98 Å². The molecule has 2 aromatic rings. The maximum Gasteiger partial charge on any atom is 0.270 e. The van der Waals surface area contributed by atoms with Crippen molar-refractivity contribution >= 4 is 22.5 Å². The third-order valence-corrected chi connectivity index (χ3v) is 3.56. The van der Waals surface area contributed by atoms with Crippen molar-refractivity contribution < 1.29 is 4.79 Å². The molecule has 0 saturated carbocycles. The van der Waals surface area contributed by atoms with Crippen LogP contribution in [-0.2, 0) is 0 Å². The Balaban J connectivity index is 1.94. The van der Waals surface area contributed by atoms with E-state index in [-0.39, 0.29) is 5.91 Å². The van der Waals surface area contributed by atoms with E-state index in [1.807, 2.05) is 29.2 Å². The quantitative estimate of drug-likeness (QED) is 0.755. The van der Waals surface area contributed by atoms with Gasteiger partial charge in [-0.2, -0.15) is 0 Å². The molecule has 1 aliphatic rings. The Labute approximate surface area is 106 Å². The summed E-state index contributed by atoms with van der Waals surface area (Å²) in [5.41, 5.74) is 8.08. The molecule has 0 spiro atoms. The molecule has 3 rings (SSSR count). The minimum Gasteiger partial charge on any atom is -0.397 e. The predicted molar refractivity (Wildman–Crippen MR) is 72.5 cm³/mol. The first kappa shape index (κ1) is 11.1. The molecule has 3 N–H and O–H groups in total. The third kappa shape index (κ3) is 1.83. The maximum absolute atomic E-state index is 12.3. The zero-order valence-corrected chi connectivity index (χ0v) is 10.3. The summed E-state index contributed by atoms with van der Waals surface area (Å²) in [6.45, 7) is 1.73. The number of benzene rings is 1. The summed E-state index contributed by atoms with van der Waals surface area (Å²) < 4.78 is 0. The largest absolute Gasteiger partial charge is 0.397 e. The Morgan fingerprint density at radius 2 is 2.00 bits per heavy atom. The molecular formula is C14H17N3O. The van der Waals surface area contributed by atoms with E-state index in [9.17, 15) is 4.79 Å². The van der Waals surface area contributed by atoms with Crippen molar-refractivity contribution in [3.63, 3.8) is 0 Å². The smallest absolute Gasteiger partial charge is 0.270 e. The van der Waals surface area contributed by atoms with E-state index in [0.29, 0.717) is 11.4 Å². The van der Waals surface area contributed by atoms with Crippen molar-refractivity contribution in [1.82, 2.24) is 9.88 Å². The summed E-state index contributed by atoms with van der Waals surface area (Å²) in [7, 11) is 0. The first-order chi connectivity index (χ1) is 8.75. The second-order valence-corrected chi connectivity index (χ2v) is 4.85. The van der Waals surface area contributed by atoms with Crippen LogP contribution in [0.5, 0.6) is 0 Å². The second kappa shape index (κ2) is 4.37. The molecule has 0 atom stereocenters. The van der Waals surface area contributed by atoms with Crippen LogP contribution in [0, 0.1) is 0 Å². The highest BCUT2D eigenvalue weighted by atomic mass is 16.2. The summed E-state index contributed by atoms with van der Waals surface area (Å²) in [5, 5.41) is 0.996. The number of para-hydroxylation sites is 1. The molecule has 0 bridgehead atoms. The Morgan fingerprint density at radius 3 is 2.72 bits per heavy atom. The molecule has 1 aliphatic heterocycles. The number of H-pyrrole nitrogens is 1. The molecular weight excluding hydrogens is 226 g/mol. The van der Waals surface area contributed by atoms with E-state index in [0.717, 1.165) is 36.8 Å². The van der Waals surface area contributed by atoms with Gasteiger partial charge in [0.05, 0.1) is 11.2 Å². The second-order valence-electron chi connectivity index (χ2n) is 4.85. The Kier molecular flexibility index (Phi) is 2.70. The van der Waals surface area contributed by atoms with Crippen LogP contribution < -0.4 is 5.73 Å². The Morgan fingerprint density at radius 1 is 1.22 bits per heavy atom. The SMILES string of the molecule is Nc1cccc2cc(C(=O)N3CCCCC3)[nH]c12. The summed E-state index contributed by atoms with van der Waals surface area (Å²) in [6.07, 6.45) is 3.44. The summed E-state index contributed by atoms with van der Waals surface area (Å²) in [6, 6.07) is 7.60. The molecule has 2 heterocycles. The highest BCUT2D eigenvalue weighted by molar-refractivity contribution is 6.00. The molecule has 0 radical (unpaired) electrons. The average molecular weight is 243 g/mol. The number of nitrogens with two attached hydrogens (primary N) is 1.